The molecule has 1 saturated carbocycles. The second kappa shape index (κ2) is 6.79. The average molecular weight is 392 g/mol. The van der Waals surface area contributed by atoms with Crippen molar-refractivity contribution in [3.63, 3.8) is 0 Å². The first-order chi connectivity index (χ1) is 14.0. The van der Waals surface area contributed by atoms with E-state index in [9.17, 15) is 4.79 Å². The van der Waals surface area contributed by atoms with E-state index in [-0.39, 0.29) is 17.4 Å². The number of hydrogen-bond acceptors (Lipinski definition) is 7. The summed E-state index contributed by atoms with van der Waals surface area (Å²) in [7, 11) is 0. The van der Waals surface area contributed by atoms with E-state index in [4.69, 9.17) is 4.42 Å². The van der Waals surface area contributed by atoms with E-state index in [1.54, 1.807) is 12.4 Å². The summed E-state index contributed by atoms with van der Waals surface area (Å²) in [6.07, 6.45) is 8.92. The highest BCUT2D eigenvalue weighted by Crippen LogP contribution is 2.40. The Morgan fingerprint density at radius 2 is 1.90 bits per heavy atom. The molecule has 1 aliphatic carbocycles. The minimum absolute atomic E-state index is 0.0209. The molecule has 0 atom stereocenters. The Morgan fingerprint density at radius 3 is 2.59 bits per heavy atom. The standard InChI is InChI=1S/C21H24N6O2/c1-13-15(16-18(26-21(2)6-7-21)24-12-25-19(16)29-13)20(28)27-10-4-14(5-11-27)17-22-8-3-9-23-17/h3,8-9,12,14H,4-7,10-11H2,1-2H3,(H,24,25,26). The first kappa shape index (κ1) is 18.0. The normalized spacial score (nSPS) is 18.8. The number of anilines is 1. The molecule has 0 radical (unpaired) electrons. The van der Waals surface area contributed by atoms with Crippen LogP contribution in [-0.2, 0) is 0 Å². The molecule has 2 fully saturated rings. The van der Waals surface area contributed by atoms with Gasteiger partial charge in [0.1, 0.15) is 23.7 Å². The van der Waals surface area contributed by atoms with Gasteiger partial charge in [0.15, 0.2) is 0 Å². The fourth-order valence-electron chi connectivity index (χ4n) is 4.02. The van der Waals surface area contributed by atoms with Crippen LogP contribution in [0, 0.1) is 6.92 Å². The van der Waals surface area contributed by atoms with Crippen LogP contribution in [0.4, 0.5) is 5.82 Å². The first-order valence-corrected chi connectivity index (χ1v) is 10.1. The number of nitrogens with one attached hydrogen (secondary N) is 1. The molecule has 29 heavy (non-hydrogen) atoms. The van der Waals surface area contributed by atoms with Crippen molar-refractivity contribution < 1.29 is 9.21 Å². The van der Waals surface area contributed by atoms with Crippen LogP contribution in [0.15, 0.2) is 29.2 Å². The molecular formula is C21H24N6O2. The number of hydrogen-bond donors (Lipinski definition) is 1. The zero-order valence-corrected chi connectivity index (χ0v) is 16.7. The topological polar surface area (TPSA) is 97.0 Å². The van der Waals surface area contributed by atoms with E-state index in [1.165, 1.54) is 6.33 Å². The van der Waals surface area contributed by atoms with E-state index < -0.39 is 0 Å². The lowest BCUT2D eigenvalue weighted by molar-refractivity contribution is 0.0711. The van der Waals surface area contributed by atoms with Gasteiger partial charge in [0.25, 0.3) is 5.91 Å². The molecule has 0 unspecified atom stereocenters. The fraction of sp³-hybridized carbons (Fsp3) is 0.476. The second-order valence-electron chi connectivity index (χ2n) is 8.29. The molecule has 1 aliphatic heterocycles. The maximum Gasteiger partial charge on any atom is 0.258 e. The summed E-state index contributed by atoms with van der Waals surface area (Å²) in [6.45, 7) is 5.32. The SMILES string of the molecule is Cc1oc2ncnc(NC3(C)CC3)c2c1C(=O)N1CCC(c2ncccn2)CC1. The number of aryl methyl sites for hydroxylation is 1. The molecule has 3 aromatic rings. The van der Waals surface area contributed by atoms with Crippen LogP contribution in [0.3, 0.4) is 0 Å². The zero-order valence-electron chi connectivity index (χ0n) is 16.7. The molecule has 8 heteroatoms. The van der Waals surface area contributed by atoms with Crippen molar-refractivity contribution in [2.45, 2.75) is 51.0 Å². The molecule has 5 rings (SSSR count). The van der Waals surface area contributed by atoms with Gasteiger partial charge in [-0.25, -0.2) is 19.9 Å². The van der Waals surface area contributed by atoms with Crippen LogP contribution >= 0.6 is 0 Å². The van der Waals surface area contributed by atoms with Gasteiger partial charge < -0.3 is 14.6 Å². The van der Waals surface area contributed by atoms with Gasteiger partial charge in [-0.3, -0.25) is 4.79 Å². The monoisotopic (exact) mass is 392 g/mol. The molecule has 2 aliphatic rings. The highest BCUT2D eigenvalue weighted by Gasteiger charge is 2.39. The van der Waals surface area contributed by atoms with Crippen molar-refractivity contribution in [3.05, 3.63) is 41.9 Å². The second-order valence-corrected chi connectivity index (χ2v) is 8.29. The van der Waals surface area contributed by atoms with Crippen molar-refractivity contribution in [1.29, 1.82) is 0 Å². The Bertz CT molecular complexity index is 1050. The van der Waals surface area contributed by atoms with Gasteiger partial charge in [-0.05, 0) is 45.6 Å². The number of fused-ring (bicyclic) bond motifs is 1. The van der Waals surface area contributed by atoms with Crippen LogP contribution in [0.25, 0.3) is 11.1 Å². The summed E-state index contributed by atoms with van der Waals surface area (Å²) in [5, 5.41) is 4.17. The molecule has 150 valence electrons. The third kappa shape index (κ3) is 3.32. The number of carbonyl (C=O) groups excluding carboxylic acids is 1. The van der Waals surface area contributed by atoms with E-state index in [0.717, 1.165) is 31.5 Å². The maximum atomic E-state index is 13.4. The van der Waals surface area contributed by atoms with Crippen LogP contribution in [0.5, 0.6) is 0 Å². The van der Waals surface area contributed by atoms with Crippen LogP contribution in [-0.4, -0.2) is 49.4 Å². The molecule has 1 amide bonds. The number of piperidine rings is 1. The van der Waals surface area contributed by atoms with Crippen LogP contribution < -0.4 is 5.32 Å². The Kier molecular flexibility index (Phi) is 4.22. The van der Waals surface area contributed by atoms with E-state index in [1.807, 2.05) is 17.9 Å². The van der Waals surface area contributed by atoms with Crippen molar-refractivity contribution in [3.8, 4) is 0 Å². The van der Waals surface area contributed by atoms with E-state index in [0.29, 0.717) is 41.3 Å². The van der Waals surface area contributed by atoms with Crippen molar-refractivity contribution in [2.75, 3.05) is 18.4 Å². The van der Waals surface area contributed by atoms with Crippen molar-refractivity contribution in [2.24, 2.45) is 0 Å². The highest BCUT2D eigenvalue weighted by atomic mass is 16.3. The number of furan rings is 1. The number of amides is 1. The largest absolute Gasteiger partial charge is 0.442 e. The number of likely N-dealkylation sites (tertiary alicyclic amines) is 1. The van der Waals surface area contributed by atoms with E-state index >= 15 is 0 Å². The Hall–Kier alpha value is -3.03. The zero-order chi connectivity index (χ0) is 20.0. The molecule has 0 spiro atoms. The fourth-order valence-corrected chi connectivity index (χ4v) is 4.02. The highest BCUT2D eigenvalue weighted by molar-refractivity contribution is 6.10. The molecule has 1 saturated heterocycles. The Labute approximate surface area is 168 Å². The lowest BCUT2D eigenvalue weighted by Gasteiger charge is -2.31. The number of aromatic nitrogens is 4. The maximum absolute atomic E-state index is 13.4. The summed E-state index contributed by atoms with van der Waals surface area (Å²) in [5.74, 6) is 2.40. The van der Waals surface area contributed by atoms with Gasteiger partial charge in [-0.15, -0.1) is 0 Å². The third-order valence-corrected chi connectivity index (χ3v) is 6.03. The minimum Gasteiger partial charge on any atom is -0.442 e. The molecule has 1 N–H and O–H groups in total. The summed E-state index contributed by atoms with van der Waals surface area (Å²) in [4.78, 5) is 32.7. The summed E-state index contributed by atoms with van der Waals surface area (Å²) in [5.41, 5.74) is 1.07. The molecule has 0 bridgehead atoms. The lowest BCUT2D eigenvalue weighted by Crippen LogP contribution is -2.38. The average Bonchev–Trinajstić information content (AvgIpc) is 3.36. The summed E-state index contributed by atoms with van der Waals surface area (Å²) >= 11 is 0. The molecular weight excluding hydrogens is 368 g/mol. The van der Waals surface area contributed by atoms with Crippen LogP contribution in [0.1, 0.15) is 60.5 Å². The van der Waals surface area contributed by atoms with Crippen molar-refractivity contribution in [1.82, 2.24) is 24.8 Å². The smallest absolute Gasteiger partial charge is 0.258 e. The quantitative estimate of drug-likeness (QED) is 0.727. The van der Waals surface area contributed by atoms with Gasteiger partial charge in [0.05, 0.1) is 10.9 Å². The van der Waals surface area contributed by atoms with E-state index in [2.05, 4.69) is 32.2 Å². The third-order valence-electron chi connectivity index (χ3n) is 6.03. The van der Waals surface area contributed by atoms with Gasteiger partial charge in [0, 0.05) is 36.9 Å². The van der Waals surface area contributed by atoms with Crippen molar-refractivity contribution >= 4 is 22.8 Å². The minimum atomic E-state index is -0.0209. The number of nitrogens with zero attached hydrogens (tertiary/aromatic N) is 5. The van der Waals surface area contributed by atoms with Gasteiger partial charge in [0.2, 0.25) is 5.71 Å². The Morgan fingerprint density at radius 1 is 1.17 bits per heavy atom. The van der Waals surface area contributed by atoms with Crippen LogP contribution in [0.2, 0.25) is 0 Å². The predicted molar refractivity (Wildman–Crippen MR) is 108 cm³/mol. The van der Waals surface area contributed by atoms with Gasteiger partial charge >= 0.3 is 0 Å². The van der Waals surface area contributed by atoms with Gasteiger partial charge in [-0.1, -0.05) is 0 Å². The lowest BCUT2D eigenvalue weighted by atomic mass is 9.95. The summed E-state index contributed by atoms with van der Waals surface area (Å²) in [6, 6.07) is 1.82. The number of carbonyl (C=O) groups is 1. The molecule has 0 aromatic carbocycles. The number of rotatable bonds is 4. The Balaban J connectivity index is 1.41. The predicted octanol–water partition coefficient (Wildman–Crippen LogP) is 3.31. The summed E-state index contributed by atoms with van der Waals surface area (Å²) < 4.78 is 5.82. The molecule has 8 nitrogen and oxygen atoms in total. The first-order valence-electron chi connectivity index (χ1n) is 10.1. The van der Waals surface area contributed by atoms with Gasteiger partial charge in [-0.2, -0.15) is 0 Å². The molecule has 3 aromatic heterocycles. The molecule has 4 heterocycles.